The molecule has 30 heavy (non-hydrogen) atoms. The molecule has 3 aromatic rings. The van der Waals surface area contributed by atoms with E-state index in [0.29, 0.717) is 30.4 Å². The van der Waals surface area contributed by atoms with E-state index in [1.165, 1.54) is 4.88 Å². The smallest absolute Gasteiger partial charge is 0.230 e. The molecule has 9 nitrogen and oxygen atoms in total. The van der Waals surface area contributed by atoms with Crippen molar-refractivity contribution in [1.29, 1.82) is 0 Å². The van der Waals surface area contributed by atoms with Gasteiger partial charge in [0.15, 0.2) is 0 Å². The van der Waals surface area contributed by atoms with Crippen LogP contribution in [0, 0.1) is 6.92 Å². The van der Waals surface area contributed by atoms with Gasteiger partial charge in [0.25, 0.3) is 0 Å². The Labute approximate surface area is 179 Å². The van der Waals surface area contributed by atoms with Crippen LogP contribution in [0.15, 0.2) is 28.6 Å². The number of nitrogens with one attached hydrogen (secondary N) is 1. The summed E-state index contributed by atoms with van der Waals surface area (Å²) in [6, 6.07) is 0. The lowest BCUT2D eigenvalue weighted by molar-refractivity contribution is -0.121. The van der Waals surface area contributed by atoms with Crippen molar-refractivity contribution in [3.05, 3.63) is 40.6 Å². The first kappa shape index (κ1) is 20.5. The van der Waals surface area contributed by atoms with E-state index in [0.717, 1.165) is 44.6 Å². The number of carbonyl (C=O) groups is 1. The van der Waals surface area contributed by atoms with Crippen molar-refractivity contribution in [3.8, 4) is 11.5 Å². The van der Waals surface area contributed by atoms with Crippen molar-refractivity contribution in [2.75, 3.05) is 19.6 Å². The average molecular weight is 428 g/mol. The molecule has 0 bridgehead atoms. The fourth-order valence-electron chi connectivity index (χ4n) is 3.56. The fourth-order valence-corrected chi connectivity index (χ4v) is 4.38. The van der Waals surface area contributed by atoms with Gasteiger partial charge in [-0.05, 0) is 32.7 Å². The summed E-state index contributed by atoms with van der Waals surface area (Å²) in [4.78, 5) is 33.0. The Hall–Kier alpha value is -2.72. The third-order valence-corrected chi connectivity index (χ3v) is 6.21. The molecule has 10 heteroatoms. The highest BCUT2D eigenvalue weighted by Gasteiger charge is 2.22. The highest BCUT2D eigenvalue weighted by atomic mass is 32.1. The van der Waals surface area contributed by atoms with Crippen LogP contribution in [0.2, 0.25) is 0 Å². The molecule has 1 saturated heterocycles. The zero-order valence-electron chi connectivity index (χ0n) is 17.0. The van der Waals surface area contributed by atoms with E-state index in [1.807, 2.05) is 12.4 Å². The quantitative estimate of drug-likeness (QED) is 0.676. The zero-order valence-corrected chi connectivity index (χ0v) is 17.8. The first-order valence-corrected chi connectivity index (χ1v) is 11.0. The summed E-state index contributed by atoms with van der Waals surface area (Å²) in [5, 5.41) is 7.10. The molecule has 0 aromatic carbocycles. The number of hydrogen-bond acceptors (Lipinski definition) is 9. The normalized spacial score (nSPS) is 19.2. The highest BCUT2D eigenvalue weighted by Crippen LogP contribution is 2.26. The lowest BCUT2D eigenvalue weighted by Crippen LogP contribution is -2.31. The Kier molecular flexibility index (Phi) is 6.75. The van der Waals surface area contributed by atoms with Crippen molar-refractivity contribution in [3.63, 3.8) is 0 Å². The third-order valence-electron chi connectivity index (χ3n) is 5.29. The first-order chi connectivity index (χ1) is 14.7. The second-order valence-corrected chi connectivity index (χ2v) is 8.35. The van der Waals surface area contributed by atoms with Gasteiger partial charge in [-0.3, -0.25) is 14.7 Å². The van der Waals surface area contributed by atoms with Gasteiger partial charge in [0.2, 0.25) is 17.6 Å². The predicted octanol–water partition coefficient (Wildman–Crippen LogP) is 2.57. The van der Waals surface area contributed by atoms with E-state index in [2.05, 4.69) is 35.3 Å². The molecule has 1 fully saturated rings. The maximum Gasteiger partial charge on any atom is 0.230 e. The molecule has 158 valence electrons. The van der Waals surface area contributed by atoms with Crippen molar-refractivity contribution in [2.45, 2.75) is 45.1 Å². The monoisotopic (exact) mass is 427 g/mol. The Morgan fingerprint density at radius 1 is 1.27 bits per heavy atom. The summed E-state index contributed by atoms with van der Waals surface area (Å²) in [6.07, 6.45) is 7.99. The Morgan fingerprint density at radius 3 is 3.00 bits per heavy atom. The summed E-state index contributed by atoms with van der Waals surface area (Å²) in [5.74, 6) is 1.20. The fraction of sp³-hybridized carbons (Fsp3) is 0.500. The van der Waals surface area contributed by atoms with Crippen LogP contribution in [-0.4, -0.2) is 55.5 Å². The summed E-state index contributed by atoms with van der Waals surface area (Å²) >= 11 is 1.67. The van der Waals surface area contributed by atoms with E-state index in [-0.39, 0.29) is 11.8 Å². The number of nitrogens with zero attached hydrogens (tertiary/aromatic N) is 6. The second kappa shape index (κ2) is 9.86. The summed E-state index contributed by atoms with van der Waals surface area (Å²) in [6.45, 7) is 5.11. The standard InChI is InChI=1S/C20H25N7O2S/c1-14-17(30-13-24-14)12-27-9-2-3-15(4-6-23-18(28)5-10-27)20-25-19(26-29-20)16-11-21-7-8-22-16/h7-8,11,13,15H,2-6,9-10,12H2,1H3,(H,23,28). The van der Waals surface area contributed by atoms with Gasteiger partial charge >= 0.3 is 0 Å². The Bertz CT molecular complexity index is 959. The predicted molar refractivity (Wildman–Crippen MR) is 112 cm³/mol. The van der Waals surface area contributed by atoms with Crippen molar-refractivity contribution in [1.82, 2.24) is 35.3 Å². The number of hydrogen-bond donors (Lipinski definition) is 1. The number of amides is 1. The summed E-state index contributed by atoms with van der Waals surface area (Å²) < 4.78 is 5.55. The van der Waals surface area contributed by atoms with Gasteiger partial charge in [-0.2, -0.15) is 4.98 Å². The largest absolute Gasteiger partial charge is 0.356 e. The molecule has 4 rings (SSSR count). The Morgan fingerprint density at radius 2 is 2.20 bits per heavy atom. The molecule has 4 heterocycles. The molecule has 1 unspecified atom stereocenters. The van der Waals surface area contributed by atoms with E-state index in [9.17, 15) is 4.79 Å². The average Bonchev–Trinajstić information content (AvgIpc) is 3.40. The van der Waals surface area contributed by atoms with Gasteiger partial charge in [0, 0.05) is 49.2 Å². The van der Waals surface area contributed by atoms with Crippen LogP contribution >= 0.6 is 11.3 Å². The maximum atomic E-state index is 12.2. The molecule has 1 amide bonds. The molecule has 1 N–H and O–H groups in total. The lowest BCUT2D eigenvalue weighted by Gasteiger charge is -2.21. The number of aromatic nitrogens is 5. The summed E-state index contributed by atoms with van der Waals surface area (Å²) in [5.41, 5.74) is 3.53. The van der Waals surface area contributed by atoms with Gasteiger partial charge in [-0.15, -0.1) is 11.3 Å². The maximum absolute atomic E-state index is 12.2. The van der Waals surface area contributed by atoms with Gasteiger partial charge in [0.1, 0.15) is 5.69 Å². The van der Waals surface area contributed by atoms with Crippen molar-refractivity contribution < 1.29 is 9.32 Å². The van der Waals surface area contributed by atoms with Crippen LogP contribution in [0.1, 0.15) is 48.1 Å². The van der Waals surface area contributed by atoms with E-state index in [1.54, 1.807) is 29.9 Å². The van der Waals surface area contributed by atoms with Crippen LogP contribution in [0.25, 0.3) is 11.5 Å². The topological polar surface area (TPSA) is 110 Å². The Balaban J connectivity index is 1.44. The van der Waals surface area contributed by atoms with Crippen molar-refractivity contribution >= 4 is 17.2 Å². The zero-order chi connectivity index (χ0) is 20.8. The first-order valence-electron chi connectivity index (χ1n) is 10.2. The molecule has 1 aliphatic heterocycles. The SMILES string of the molecule is Cc1ncsc1CN1CCCC(c2nc(-c3cnccn3)no2)CCNC(=O)CC1. The van der Waals surface area contributed by atoms with Gasteiger partial charge in [0.05, 0.1) is 17.4 Å². The molecule has 0 spiro atoms. The second-order valence-electron chi connectivity index (χ2n) is 7.41. The van der Waals surface area contributed by atoms with Crippen LogP contribution in [0.4, 0.5) is 0 Å². The van der Waals surface area contributed by atoms with E-state index >= 15 is 0 Å². The van der Waals surface area contributed by atoms with Gasteiger partial charge < -0.3 is 9.84 Å². The van der Waals surface area contributed by atoms with Crippen molar-refractivity contribution in [2.24, 2.45) is 0 Å². The van der Waals surface area contributed by atoms with Crippen LogP contribution in [0.3, 0.4) is 0 Å². The molecule has 3 aromatic heterocycles. The van der Waals surface area contributed by atoms with Crippen LogP contribution in [0.5, 0.6) is 0 Å². The van der Waals surface area contributed by atoms with Gasteiger partial charge in [-0.25, -0.2) is 9.97 Å². The van der Waals surface area contributed by atoms with Crippen LogP contribution in [-0.2, 0) is 11.3 Å². The van der Waals surface area contributed by atoms with E-state index < -0.39 is 0 Å². The minimum absolute atomic E-state index is 0.0763. The molecular weight excluding hydrogens is 402 g/mol. The number of carbonyl (C=O) groups excluding carboxylic acids is 1. The minimum Gasteiger partial charge on any atom is -0.356 e. The third kappa shape index (κ3) is 5.25. The van der Waals surface area contributed by atoms with Gasteiger partial charge in [-0.1, -0.05) is 5.16 Å². The van der Waals surface area contributed by atoms with Crippen LogP contribution < -0.4 is 5.32 Å². The number of rotatable bonds is 4. The highest BCUT2D eigenvalue weighted by molar-refractivity contribution is 7.09. The minimum atomic E-state index is 0.0763. The summed E-state index contributed by atoms with van der Waals surface area (Å²) in [7, 11) is 0. The molecule has 1 atom stereocenters. The molecule has 0 saturated carbocycles. The molecular formula is C20H25N7O2S. The number of aryl methyl sites for hydroxylation is 1. The number of thiazole rings is 1. The van der Waals surface area contributed by atoms with E-state index in [4.69, 9.17) is 4.52 Å². The molecule has 1 aliphatic rings. The lowest BCUT2D eigenvalue weighted by atomic mass is 9.99. The molecule has 0 radical (unpaired) electrons. The molecule has 0 aliphatic carbocycles.